The van der Waals surface area contributed by atoms with Gasteiger partial charge in [-0.3, -0.25) is 9.59 Å². The van der Waals surface area contributed by atoms with Crippen LogP contribution in [0, 0.1) is 11.3 Å². The van der Waals surface area contributed by atoms with Crippen molar-refractivity contribution >= 4 is 11.6 Å². The number of rotatable bonds is 3. The summed E-state index contributed by atoms with van der Waals surface area (Å²) in [5.41, 5.74) is 2.03. The molecule has 0 aromatic heterocycles. The SMILES string of the molecule is CC(=O)C1(/C(C)=C\C2=CC(=O)C(C)C2)CC1. The van der Waals surface area contributed by atoms with Gasteiger partial charge < -0.3 is 0 Å². The Kier molecular flexibility index (Phi) is 2.61. The molecule has 1 saturated carbocycles. The maximum Gasteiger partial charge on any atom is 0.159 e. The van der Waals surface area contributed by atoms with Crippen LogP contribution in [0.15, 0.2) is 23.3 Å². The van der Waals surface area contributed by atoms with E-state index in [-0.39, 0.29) is 22.9 Å². The molecule has 86 valence electrons. The van der Waals surface area contributed by atoms with Crippen LogP contribution in [0.2, 0.25) is 0 Å². The van der Waals surface area contributed by atoms with E-state index in [4.69, 9.17) is 0 Å². The first-order valence-electron chi connectivity index (χ1n) is 5.90. The molecule has 0 amide bonds. The van der Waals surface area contributed by atoms with Crippen LogP contribution in [-0.2, 0) is 9.59 Å². The fourth-order valence-corrected chi connectivity index (χ4v) is 2.50. The van der Waals surface area contributed by atoms with Crippen LogP contribution < -0.4 is 0 Å². The Morgan fingerprint density at radius 3 is 2.44 bits per heavy atom. The van der Waals surface area contributed by atoms with Gasteiger partial charge >= 0.3 is 0 Å². The molecule has 2 aliphatic rings. The maximum absolute atomic E-state index is 11.5. The molecule has 0 heterocycles. The molecule has 0 spiro atoms. The Balaban J connectivity index is 2.17. The van der Waals surface area contributed by atoms with Gasteiger partial charge in [0.25, 0.3) is 0 Å². The first-order valence-corrected chi connectivity index (χ1v) is 5.90. The zero-order valence-electron chi connectivity index (χ0n) is 10.2. The minimum Gasteiger partial charge on any atom is -0.299 e. The van der Waals surface area contributed by atoms with Gasteiger partial charge in [-0.1, -0.05) is 18.6 Å². The van der Waals surface area contributed by atoms with E-state index in [0.717, 1.165) is 30.4 Å². The van der Waals surface area contributed by atoms with Crippen molar-refractivity contribution in [3.63, 3.8) is 0 Å². The molecule has 0 N–H and O–H groups in total. The quantitative estimate of drug-likeness (QED) is 0.730. The first kappa shape index (κ1) is 11.3. The third-order valence-electron chi connectivity index (χ3n) is 3.94. The maximum atomic E-state index is 11.5. The standard InChI is InChI=1S/C14H18O2/c1-9-6-12(8-13(9)16)7-10(2)14(4-5-14)11(3)15/h7-9H,4-6H2,1-3H3/b10-7-. The van der Waals surface area contributed by atoms with Crippen molar-refractivity contribution < 1.29 is 9.59 Å². The average molecular weight is 218 g/mol. The number of carbonyl (C=O) groups is 2. The Labute approximate surface area is 96.4 Å². The Bertz CT molecular complexity index is 408. The molecule has 0 bridgehead atoms. The summed E-state index contributed by atoms with van der Waals surface area (Å²) < 4.78 is 0. The average Bonchev–Trinajstić information content (AvgIpc) is 2.92. The van der Waals surface area contributed by atoms with Crippen LogP contribution in [-0.4, -0.2) is 11.6 Å². The van der Waals surface area contributed by atoms with Crippen molar-refractivity contribution in [2.45, 2.75) is 40.0 Å². The largest absolute Gasteiger partial charge is 0.299 e. The summed E-state index contributed by atoms with van der Waals surface area (Å²) in [6, 6.07) is 0. The van der Waals surface area contributed by atoms with Gasteiger partial charge in [0.2, 0.25) is 0 Å². The summed E-state index contributed by atoms with van der Waals surface area (Å²) in [5.74, 6) is 0.595. The van der Waals surface area contributed by atoms with E-state index in [0.29, 0.717) is 0 Å². The molecule has 0 saturated heterocycles. The van der Waals surface area contributed by atoms with Crippen molar-refractivity contribution in [1.82, 2.24) is 0 Å². The van der Waals surface area contributed by atoms with Gasteiger partial charge in [0.1, 0.15) is 5.78 Å². The molecule has 16 heavy (non-hydrogen) atoms. The van der Waals surface area contributed by atoms with E-state index in [1.54, 1.807) is 13.0 Å². The van der Waals surface area contributed by atoms with Crippen LogP contribution in [0.4, 0.5) is 0 Å². The van der Waals surface area contributed by atoms with Crippen molar-refractivity contribution in [2.24, 2.45) is 11.3 Å². The normalized spacial score (nSPS) is 27.9. The number of hydrogen-bond acceptors (Lipinski definition) is 2. The molecule has 2 aliphatic carbocycles. The number of allylic oxidation sites excluding steroid dienone is 4. The van der Waals surface area contributed by atoms with Gasteiger partial charge in [0.05, 0.1) is 0 Å². The minimum absolute atomic E-state index is 0.117. The van der Waals surface area contributed by atoms with Crippen LogP contribution in [0.3, 0.4) is 0 Å². The highest BCUT2D eigenvalue weighted by atomic mass is 16.1. The van der Waals surface area contributed by atoms with E-state index in [1.165, 1.54) is 0 Å². The second kappa shape index (κ2) is 3.69. The molecule has 0 radical (unpaired) electrons. The van der Waals surface area contributed by atoms with E-state index in [1.807, 2.05) is 13.8 Å². The van der Waals surface area contributed by atoms with Gasteiger partial charge in [0.15, 0.2) is 5.78 Å². The van der Waals surface area contributed by atoms with Gasteiger partial charge in [0, 0.05) is 11.3 Å². The number of carbonyl (C=O) groups excluding carboxylic acids is 2. The molecule has 2 heteroatoms. The summed E-state index contributed by atoms with van der Waals surface area (Å²) in [6.07, 6.45) is 6.55. The summed E-state index contributed by atoms with van der Waals surface area (Å²) in [5, 5.41) is 0. The molecular formula is C14H18O2. The van der Waals surface area contributed by atoms with Gasteiger partial charge in [-0.25, -0.2) is 0 Å². The lowest BCUT2D eigenvalue weighted by molar-refractivity contribution is -0.120. The molecule has 0 aromatic carbocycles. The summed E-state index contributed by atoms with van der Waals surface area (Å²) in [6.45, 7) is 5.64. The predicted octanol–water partition coefficient (Wildman–Crippen LogP) is 2.84. The minimum atomic E-state index is -0.185. The fraction of sp³-hybridized carbons (Fsp3) is 0.571. The third kappa shape index (κ3) is 1.77. The smallest absolute Gasteiger partial charge is 0.159 e. The van der Waals surface area contributed by atoms with E-state index < -0.39 is 0 Å². The molecule has 1 unspecified atom stereocenters. The lowest BCUT2D eigenvalue weighted by Gasteiger charge is -2.12. The van der Waals surface area contributed by atoms with Crippen LogP contribution >= 0.6 is 0 Å². The summed E-state index contributed by atoms with van der Waals surface area (Å²) >= 11 is 0. The molecular weight excluding hydrogens is 200 g/mol. The Hall–Kier alpha value is -1.18. The molecule has 0 aliphatic heterocycles. The summed E-state index contributed by atoms with van der Waals surface area (Å²) in [4.78, 5) is 22.9. The molecule has 2 rings (SSSR count). The van der Waals surface area contributed by atoms with Crippen molar-refractivity contribution in [1.29, 1.82) is 0 Å². The first-order chi connectivity index (χ1) is 7.45. The van der Waals surface area contributed by atoms with Gasteiger partial charge in [-0.05, 0) is 44.8 Å². The second-order valence-electron chi connectivity index (χ2n) is 5.19. The highest BCUT2D eigenvalue weighted by Crippen LogP contribution is 2.52. The third-order valence-corrected chi connectivity index (χ3v) is 3.94. The second-order valence-corrected chi connectivity index (χ2v) is 5.19. The lowest BCUT2D eigenvalue weighted by Crippen LogP contribution is -2.13. The predicted molar refractivity (Wildman–Crippen MR) is 63.0 cm³/mol. The summed E-state index contributed by atoms with van der Waals surface area (Å²) in [7, 11) is 0. The van der Waals surface area contributed by atoms with Gasteiger partial charge in [-0.2, -0.15) is 0 Å². The van der Waals surface area contributed by atoms with E-state index in [9.17, 15) is 9.59 Å². The van der Waals surface area contributed by atoms with Gasteiger partial charge in [-0.15, -0.1) is 0 Å². The zero-order chi connectivity index (χ0) is 11.9. The monoisotopic (exact) mass is 218 g/mol. The lowest BCUT2D eigenvalue weighted by atomic mass is 9.91. The Morgan fingerprint density at radius 2 is 2.06 bits per heavy atom. The van der Waals surface area contributed by atoms with Crippen LogP contribution in [0.25, 0.3) is 0 Å². The van der Waals surface area contributed by atoms with Crippen LogP contribution in [0.5, 0.6) is 0 Å². The topological polar surface area (TPSA) is 34.1 Å². The molecule has 1 fully saturated rings. The van der Waals surface area contributed by atoms with Crippen molar-refractivity contribution in [3.05, 3.63) is 23.3 Å². The van der Waals surface area contributed by atoms with Crippen molar-refractivity contribution in [2.75, 3.05) is 0 Å². The van der Waals surface area contributed by atoms with E-state index in [2.05, 4.69) is 6.08 Å². The number of hydrogen-bond donors (Lipinski definition) is 0. The van der Waals surface area contributed by atoms with Crippen LogP contribution in [0.1, 0.15) is 40.0 Å². The number of ketones is 2. The highest BCUT2D eigenvalue weighted by molar-refractivity contribution is 5.95. The highest BCUT2D eigenvalue weighted by Gasteiger charge is 2.48. The van der Waals surface area contributed by atoms with E-state index >= 15 is 0 Å². The molecule has 0 aromatic rings. The zero-order valence-corrected chi connectivity index (χ0v) is 10.2. The number of Topliss-reactive ketones (excluding diaryl/α,β-unsaturated/α-hetero) is 1. The Morgan fingerprint density at radius 1 is 1.44 bits per heavy atom. The van der Waals surface area contributed by atoms with Crippen molar-refractivity contribution in [3.8, 4) is 0 Å². The molecule has 1 atom stereocenters. The molecule has 2 nitrogen and oxygen atoms in total. The fourth-order valence-electron chi connectivity index (χ4n) is 2.50.